The van der Waals surface area contributed by atoms with Crippen LogP contribution >= 0.6 is 0 Å². The summed E-state index contributed by atoms with van der Waals surface area (Å²) in [5.41, 5.74) is 2.96. The summed E-state index contributed by atoms with van der Waals surface area (Å²) in [5.74, 6) is 6.22. The normalized spacial score (nSPS) is 11.1. The first kappa shape index (κ1) is 14.5. The lowest BCUT2D eigenvalue weighted by molar-refractivity contribution is 0.849. The van der Waals surface area contributed by atoms with E-state index in [1.54, 1.807) is 6.21 Å². The van der Waals surface area contributed by atoms with Crippen LogP contribution in [0.15, 0.2) is 41.1 Å². The highest BCUT2D eigenvalue weighted by atomic mass is 14.7. The van der Waals surface area contributed by atoms with Gasteiger partial charge in [0.05, 0.1) is 0 Å². The summed E-state index contributed by atoms with van der Waals surface area (Å²) in [5, 5.41) is 0. The van der Waals surface area contributed by atoms with Crippen molar-refractivity contribution in [3.8, 4) is 11.8 Å². The van der Waals surface area contributed by atoms with Crippen LogP contribution in [0.1, 0.15) is 40.0 Å². The molecule has 0 radical (unpaired) electrons. The number of hydrogen-bond donors (Lipinski definition) is 0. The third-order valence-electron chi connectivity index (χ3n) is 1.87. The lowest BCUT2D eigenvalue weighted by Gasteiger charge is -1.93. The van der Waals surface area contributed by atoms with E-state index >= 15 is 0 Å². The number of allylic oxidation sites excluding steroid dienone is 4. The fourth-order valence-corrected chi connectivity index (χ4v) is 1.00. The Morgan fingerprint density at radius 3 is 2.50 bits per heavy atom. The van der Waals surface area contributed by atoms with Gasteiger partial charge in [0.15, 0.2) is 0 Å². The summed E-state index contributed by atoms with van der Waals surface area (Å²) in [6.45, 7) is 13.4. The van der Waals surface area contributed by atoms with Crippen LogP contribution in [0.5, 0.6) is 0 Å². The van der Waals surface area contributed by atoms with Gasteiger partial charge in [0, 0.05) is 23.9 Å². The van der Waals surface area contributed by atoms with Gasteiger partial charge in [-0.15, -0.1) is 6.58 Å². The van der Waals surface area contributed by atoms with E-state index in [9.17, 15) is 0 Å². The second kappa shape index (κ2) is 8.73. The van der Waals surface area contributed by atoms with Crippen LogP contribution in [0.3, 0.4) is 0 Å². The molecule has 0 aromatic rings. The van der Waals surface area contributed by atoms with Crippen LogP contribution in [0.2, 0.25) is 0 Å². The van der Waals surface area contributed by atoms with E-state index in [1.165, 1.54) is 5.57 Å². The average molecular weight is 215 g/mol. The maximum atomic E-state index is 4.12. The molecule has 0 spiro atoms. The zero-order chi connectivity index (χ0) is 12.4. The molecule has 0 heterocycles. The van der Waals surface area contributed by atoms with Crippen molar-refractivity contribution in [2.75, 3.05) is 0 Å². The molecule has 0 aliphatic heterocycles. The summed E-state index contributed by atoms with van der Waals surface area (Å²) in [4.78, 5) is 4.12. The van der Waals surface area contributed by atoms with Crippen LogP contribution < -0.4 is 0 Å². The molecule has 0 aliphatic carbocycles. The lowest BCUT2D eigenvalue weighted by atomic mass is 10.1. The van der Waals surface area contributed by atoms with Gasteiger partial charge >= 0.3 is 0 Å². The van der Waals surface area contributed by atoms with Crippen LogP contribution in [-0.2, 0) is 0 Å². The third kappa shape index (κ3) is 9.02. The summed E-state index contributed by atoms with van der Waals surface area (Å²) in [7, 11) is 0. The minimum atomic E-state index is 0.795. The van der Waals surface area contributed by atoms with E-state index in [1.807, 2.05) is 26.8 Å². The predicted octanol–water partition coefficient (Wildman–Crippen LogP) is 4.29. The second-order valence-electron chi connectivity index (χ2n) is 3.85. The minimum Gasteiger partial charge on any atom is -0.261 e. The number of unbranched alkanes of at least 4 members (excludes halogenated alkanes) is 1. The molecule has 16 heavy (non-hydrogen) atoms. The number of rotatable bonds is 5. The van der Waals surface area contributed by atoms with Crippen molar-refractivity contribution in [1.82, 2.24) is 0 Å². The van der Waals surface area contributed by atoms with Crippen LogP contribution in [0.4, 0.5) is 0 Å². The maximum absolute atomic E-state index is 4.12. The lowest BCUT2D eigenvalue weighted by Crippen LogP contribution is -1.81. The van der Waals surface area contributed by atoms with E-state index in [0.717, 1.165) is 30.5 Å². The molecule has 0 aromatic heterocycles. The zero-order valence-corrected chi connectivity index (χ0v) is 10.6. The highest BCUT2D eigenvalue weighted by Gasteiger charge is 1.86. The van der Waals surface area contributed by atoms with Crippen molar-refractivity contribution in [2.24, 2.45) is 4.99 Å². The Labute approximate surface area is 99.7 Å². The Bertz CT molecular complexity index is 359. The molecule has 86 valence electrons. The van der Waals surface area contributed by atoms with Crippen LogP contribution in [0, 0.1) is 11.8 Å². The summed E-state index contributed by atoms with van der Waals surface area (Å²) in [6.07, 6.45) is 6.76. The summed E-state index contributed by atoms with van der Waals surface area (Å²) < 4.78 is 0. The summed E-state index contributed by atoms with van der Waals surface area (Å²) in [6, 6.07) is 0. The third-order valence-corrected chi connectivity index (χ3v) is 1.87. The molecule has 0 fully saturated rings. The van der Waals surface area contributed by atoms with Crippen molar-refractivity contribution in [3.63, 3.8) is 0 Å². The zero-order valence-electron chi connectivity index (χ0n) is 10.6. The number of aliphatic imine (C=N–C) groups is 1. The Hall–Kier alpha value is -1.55. The molecule has 0 unspecified atom stereocenters. The van der Waals surface area contributed by atoms with E-state index in [-0.39, 0.29) is 0 Å². The standard InChI is InChI=1S/C15H21N/c1-6-15(12-16-14(4)5)11-9-7-8-10-13(2)3/h6,12H,2,4,7-8,10H2,1,3,5H3/b15-6-,16-12?. The van der Waals surface area contributed by atoms with Gasteiger partial charge in [-0.1, -0.05) is 30.1 Å². The van der Waals surface area contributed by atoms with Gasteiger partial charge < -0.3 is 0 Å². The highest BCUT2D eigenvalue weighted by Crippen LogP contribution is 2.02. The van der Waals surface area contributed by atoms with Crippen LogP contribution in [-0.4, -0.2) is 6.21 Å². The van der Waals surface area contributed by atoms with Crippen molar-refractivity contribution < 1.29 is 0 Å². The Balaban J connectivity index is 4.09. The van der Waals surface area contributed by atoms with E-state index in [4.69, 9.17) is 0 Å². The van der Waals surface area contributed by atoms with E-state index in [2.05, 4.69) is 30.0 Å². The maximum Gasteiger partial charge on any atom is 0.0424 e. The first-order chi connectivity index (χ1) is 7.56. The topological polar surface area (TPSA) is 12.4 Å². The van der Waals surface area contributed by atoms with Crippen molar-refractivity contribution in [1.29, 1.82) is 0 Å². The minimum absolute atomic E-state index is 0.795. The predicted molar refractivity (Wildman–Crippen MR) is 73.5 cm³/mol. The van der Waals surface area contributed by atoms with Crippen molar-refractivity contribution >= 4 is 6.21 Å². The fraction of sp³-hybridized carbons (Fsp3) is 0.400. The molecule has 0 atom stereocenters. The van der Waals surface area contributed by atoms with Crippen molar-refractivity contribution in [2.45, 2.75) is 40.0 Å². The van der Waals surface area contributed by atoms with E-state index < -0.39 is 0 Å². The SMILES string of the molecule is C=C(C)CCCC#C/C(C=NC(=C)C)=C/C. The number of hydrogen-bond acceptors (Lipinski definition) is 1. The fourth-order valence-electron chi connectivity index (χ4n) is 1.00. The smallest absolute Gasteiger partial charge is 0.0424 e. The van der Waals surface area contributed by atoms with Gasteiger partial charge in [-0.2, -0.15) is 0 Å². The molecule has 0 aromatic carbocycles. The molecular formula is C15H21N. The van der Waals surface area contributed by atoms with Gasteiger partial charge in [-0.05, 0) is 33.6 Å². The molecule has 0 N–H and O–H groups in total. The Morgan fingerprint density at radius 1 is 1.31 bits per heavy atom. The molecule has 1 nitrogen and oxygen atoms in total. The molecule has 0 saturated carbocycles. The van der Waals surface area contributed by atoms with Gasteiger partial charge in [0.25, 0.3) is 0 Å². The Morgan fingerprint density at radius 2 is 2.00 bits per heavy atom. The first-order valence-corrected chi connectivity index (χ1v) is 5.55. The number of nitrogens with zero attached hydrogens (tertiary/aromatic N) is 1. The van der Waals surface area contributed by atoms with Gasteiger partial charge in [-0.3, -0.25) is 4.99 Å². The monoisotopic (exact) mass is 215 g/mol. The van der Waals surface area contributed by atoms with E-state index in [0.29, 0.717) is 0 Å². The largest absolute Gasteiger partial charge is 0.261 e. The molecule has 1 heteroatoms. The molecular weight excluding hydrogens is 194 g/mol. The summed E-state index contributed by atoms with van der Waals surface area (Å²) >= 11 is 0. The molecule has 0 saturated heterocycles. The Kier molecular flexibility index (Phi) is 7.89. The van der Waals surface area contributed by atoms with Crippen molar-refractivity contribution in [3.05, 3.63) is 36.1 Å². The average Bonchev–Trinajstić information content (AvgIpc) is 2.21. The first-order valence-electron chi connectivity index (χ1n) is 5.55. The van der Waals surface area contributed by atoms with Gasteiger partial charge in [-0.25, -0.2) is 0 Å². The second-order valence-corrected chi connectivity index (χ2v) is 3.85. The van der Waals surface area contributed by atoms with Gasteiger partial charge in [0.1, 0.15) is 0 Å². The molecule has 0 bridgehead atoms. The molecule has 0 aliphatic rings. The molecule has 0 amide bonds. The molecule has 0 rings (SSSR count). The van der Waals surface area contributed by atoms with Gasteiger partial charge in [0.2, 0.25) is 0 Å². The van der Waals surface area contributed by atoms with Crippen LogP contribution in [0.25, 0.3) is 0 Å². The quantitative estimate of drug-likeness (QED) is 0.281. The highest BCUT2D eigenvalue weighted by molar-refractivity contribution is 5.85.